The van der Waals surface area contributed by atoms with Gasteiger partial charge in [0.1, 0.15) is 0 Å². The van der Waals surface area contributed by atoms with E-state index in [1.807, 2.05) is 24.0 Å². The molecule has 2 atom stereocenters. The molecule has 1 aromatic heterocycles. The maximum atomic E-state index is 12.4. The topological polar surface area (TPSA) is 59.2 Å². The smallest absolute Gasteiger partial charge is 0.230 e. The van der Waals surface area contributed by atoms with Gasteiger partial charge in [0.15, 0.2) is 0 Å². The maximum Gasteiger partial charge on any atom is 0.230 e. The highest BCUT2D eigenvalue weighted by Crippen LogP contribution is 2.23. The van der Waals surface area contributed by atoms with E-state index in [2.05, 4.69) is 4.98 Å². The molecule has 4 nitrogen and oxygen atoms in total. The van der Waals surface area contributed by atoms with E-state index in [0.29, 0.717) is 6.54 Å². The van der Waals surface area contributed by atoms with Crippen LogP contribution >= 0.6 is 0 Å². The van der Waals surface area contributed by atoms with Crippen LogP contribution in [0.2, 0.25) is 0 Å². The summed E-state index contributed by atoms with van der Waals surface area (Å²) >= 11 is 0. The molecule has 0 aromatic carbocycles. The monoisotopic (exact) mass is 233 g/mol. The lowest BCUT2D eigenvalue weighted by Crippen LogP contribution is -2.41. The first-order valence-corrected chi connectivity index (χ1v) is 6.14. The van der Waals surface area contributed by atoms with Crippen LogP contribution < -0.4 is 5.73 Å². The van der Waals surface area contributed by atoms with Crippen molar-refractivity contribution in [1.29, 1.82) is 0 Å². The summed E-state index contributed by atoms with van der Waals surface area (Å²) in [5.74, 6) is 0.0433. The first kappa shape index (κ1) is 12.0. The Morgan fingerprint density at radius 2 is 2.53 bits per heavy atom. The number of nitrogens with zero attached hydrogens (tertiary/aromatic N) is 2. The first-order valence-electron chi connectivity index (χ1n) is 6.14. The highest BCUT2D eigenvalue weighted by Gasteiger charge is 2.30. The van der Waals surface area contributed by atoms with Gasteiger partial charge in [0.05, 0.1) is 5.92 Å². The molecule has 1 fully saturated rings. The second kappa shape index (κ2) is 5.27. The molecule has 2 unspecified atom stereocenters. The Kier molecular flexibility index (Phi) is 3.74. The molecule has 1 aromatic rings. The van der Waals surface area contributed by atoms with Gasteiger partial charge in [-0.3, -0.25) is 9.78 Å². The van der Waals surface area contributed by atoms with Crippen LogP contribution in [0.3, 0.4) is 0 Å². The number of carbonyl (C=O) groups is 1. The van der Waals surface area contributed by atoms with Gasteiger partial charge in [-0.15, -0.1) is 0 Å². The summed E-state index contributed by atoms with van der Waals surface area (Å²) in [5, 5.41) is 0. The van der Waals surface area contributed by atoms with Gasteiger partial charge in [-0.25, -0.2) is 0 Å². The number of nitrogens with two attached hydrogens (primary N) is 1. The number of aromatic nitrogens is 1. The van der Waals surface area contributed by atoms with Gasteiger partial charge in [0.25, 0.3) is 0 Å². The molecule has 1 amide bonds. The Labute approximate surface area is 102 Å². The third-order valence-corrected chi connectivity index (χ3v) is 3.49. The molecule has 0 aliphatic carbocycles. The van der Waals surface area contributed by atoms with Crippen molar-refractivity contribution < 1.29 is 4.79 Å². The quantitative estimate of drug-likeness (QED) is 0.851. The van der Waals surface area contributed by atoms with Crippen molar-refractivity contribution >= 4 is 5.91 Å². The van der Waals surface area contributed by atoms with Crippen LogP contribution in [0.5, 0.6) is 0 Å². The summed E-state index contributed by atoms with van der Waals surface area (Å²) in [4.78, 5) is 18.3. The van der Waals surface area contributed by atoms with Crippen LogP contribution in [0.1, 0.15) is 31.2 Å². The van der Waals surface area contributed by atoms with Crippen molar-refractivity contribution in [3.8, 4) is 0 Å². The molecule has 1 aliphatic rings. The molecule has 0 spiro atoms. The first-order chi connectivity index (χ1) is 8.24. The SMILES string of the molecule is CC(C(=O)N1CCCC1CN)c1cccnc1. The average molecular weight is 233 g/mol. The highest BCUT2D eigenvalue weighted by molar-refractivity contribution is 5.83. The van der Waals surface area contributed by atoms with Crippen LogP contribution in [0.15, 0.2) is 24.5 Å². The van der Waals surface area contributed by atoms with Crippen molar-refractivity contribution in [3.05, 3.63) is 30.1 Å². The van der Waals surface area contributed by atoms with E-state index in [9.17, 15) is 4.79 Å². The van der Waals surface area contributed by atoms with Gasteiger partial charge in [-0.1, -0.05) is 6.07 Å². The number of carbonyl (C=O) groups excluding carboxylic acids is 1. The fraction of sp³-hybridized carbons (Fsp3) is 0.538. The van der Waals surface area contributed by atoms with Crippen LogP contribution in [-0.2, 0) is 4.79 Å². The van der Waals surface area contributed by atoms with Gasteiger partial charge in [0, 0.05) is 31.5 Å². The number of rotatable bonds is 3. The molecule has 1 aliphatic heterocycles. The number of pyridine rings is 1. The van der Waals surface area contributed by atoms with Gasteiger partial charge >= 0.3 is 0 Å². The minimum atomic E-state index is -0.129. The zero-order valence-electron chi connectivity index (χ0n) is 10.2. The molecule has 2 heterocycles. The maximum absolute atomic E-state index is 12.4. The number of hydrogen-bond acceptors (Lipinski definition) is 3. The Hall–Kier alpha value is -1.42. The highest BCUT2D eigenvalue weighted by atomic mass is 16.2. The van der Waals surface area contributed by atoms with Crippen LogP contribution in [0.4, 0.5) is 0 Å². The van der Waals surface area contributed by atoms with Gasteiger partial charge in [0.2, 0.25) is 5.91 Å². The fourth-order valence-electron chi connectivity index (χ4n) is 2.39. The normalized spacial score (nSPS) is 21.5. The molecule has 1 saturated heterocycles. The number of hydrogen-bond donors (Lipinski definition) is 1. The summed E-state index contributed by atoms with van der Waals surface area (Å²) in [6.07, 6.45) is 5.57. The molecule has 0 saturated carbocycles. The van der Waals surface area contributed by atoms with E-state index in [1.54, 1.807) is 12.4 Å². The van der Waals surface area contributed by atoms with Crippen LogP contribution in [0, 0.1) is 0 Å². The average Bonchev–Trinajstić information content (AvgIpc) is 2.86. The third kappa shape index (κ3) is 2.47. The fourth-order valence-corrected chi connectivity index (χ4v) is 2.39. The lowest BCUT2D eigenvalue weighted by molar-refractivity contribution is -0.133. The molecule has 2 N–H and O–H groups in total. The molecule has 17 heavy (non-hydrogen) atoms. The van der Waals surface area contributed by atoms with E-state index in [4.69, 9.17) is 5.73 Å². The van der Waals surface area contributed by atoms with Crippen molar-refractivity contribution in [2.75, 3.05) is 13.1 Å². The minimum absolute atomic E-state index is 0.129. The van der Waals surface area contributed by atoms with E-state index in [1.165, 1.54) is 0 Å². The second-order valence-electron chi connectivity index (χ2n) is 4.57. The van der Waals surface area contributed by atoms with Gasteiger partial charge in [-0.2, -0.15) is 0 Å². The van der Waals surface area contributed by atoms with E-state index >= 15 is 0 Å². The zero-order chi connectivity index (χ0) is 12.3. The lowest BCUT2D eigenvalue weighted by Gasteiger charge is -2.26. The molecule has 92 valence electrons. The minimum Gasteiger partial charge on any atom is -0.338 e. The summed E-state index contributed by atoms with van der Waals surface area (Å²) in [7, 11) is 0. The summed E-state index contributed by atoms with van der Waals surface area (Å²) < 4.78 is 0. The summed E-state index contributed by atoms with van der Waals surface area (Å²) in [6.45, 7) is 3.34. The van der Waals surface area contributed by atoms with E-state index in [-0.39, 0.29) is 17.9 Å². The number of amides is 1. The van der Waals surface area contributed by atoms with Gasteiger partial charge in [-0.05, 0) is 31.4 Å². The predicted molar refractivity (Wildman–Crippen MR) is 66.4 cm³/mol. The molecular weight excluding hydrogens is 214 g/mol. The van der Waals surface area contributed by atoms with Crippen molar-refractivity contribution in [1.82, 2.24) is 9.88 Å². The Bertz CT molecular complexity index is 380. The largest absolute Gasteiger partial charge is 0.338 e. The second-order valence-corrected chi connectivity index (χ2v) is 4.57. The Morgan fingerprint density at radius 1 is 1.71 bits per heavy atom. The standard InChI is InChI=1S/C13H19N3O/c1-10(11-4-2-6-15-9-11)13(17)16-7-3-5-12(16)8-14/h2,4,6,9-10,12H,3,5,7-8,14H2,1H3. The Balaban J connectivity index is 2.10. The van der Waals surface area contributed by atoms with E-state index < -0.39 is 0 Å². The molecular formula is C13H19N3O. The van der Waals surface area contributed by atoms with Crippen LogP contribution in [0.25, 0.3) is 0 Å². The Morgan fingerprint density at radius 3 is 3.18 bits per heavy atom. The van der Waals surface area contributed by atoms with Crippen LogP contribution in [-0.4, -0.2) is 34.9 Å². The third-order valence-electron chi connectivity index (χ3n) is 3.49. The predicted octanol–water partition coefficient (Wildman–Crippen LogP) is 1.13. The number of likely N-dealkylation sites (tertiary alicyclic amines) is 1. The lowest BCUT2D eigenvalue weighted by atomic mass is 10.0. The summed E-state index contributed by atoms with van der Waals surface area (Å²) in [6, 6.07) is 4.04. The zero-order valence-corrected chi connectivity index (χ0v) is 10.2. The van der Waals surface area contributed by atoms with E-state index in [0.717, 1.165) is 24.9 Å². The van der Waals surface area contributed by atoms with Crippen molar-refractivity contribution in [2.24, 2.45) is 5.73 Å². The van der Waals surface area contributed by atoms with Crippen molar-refractivity contribution in [3.63, 3.8) is 0 Å². The molecule has 2 rings (SSSR count). The summed E-state index contributed by atoms with van der Waals surface area (Å²) in [5.41, 5.74) is 6.67. The molecule has 0 radical (unpaired) electrons. The molecule has 0 bridgehead atoms. The van der Waals surface area contributed by atoms with Gasteiger partial charge < -0.3 is 10.6 Å². The molecule has 4 heteroatoms. The van der Waals surface area contributed by atoms with Crippen molar-refractivity contribution in [2.45, 2.75) is 31.7 Å².